The number of benzene rings is 2. The molecule has 2 amide bonds. The molecule has 2 heterocycles. The van der Waals surface area contributed by atoms with Crippen molar-refractivity contribution in [2.24, 2.45) is 0 Å². The molecule has 0 spiro atoms. The summed E-state index contributed by atoms with van der Waals surface area (Å²) >= 11 is 8.52. The molecule has 0 saturated heterocycles. The SMILES string of the molecule is CCOC(=O)c1c(NC(=O)CSc2nnc(CNC(=O)COc3ccc(Cl)cc3)n2-c2ccc(OCC)cc2)sc2c1CCC2. The van der Waals surface area contributed by atoms with Gasteiger partial charge in [-0.3, -0.25) is 14.2 Å². The van der Waals surface area contributed by atoms with Crippen LogP contribution in [-0.2, 0) is 33.7 Å². The van der Waals surface area contributed by atoms with Gasteiger partial charge in [-0.25, -0.2) is 4.79 Å². The lowest BCUT2D eigenvalue weighted by Crippen LogP contribution is -2.29. The fourth-order valence-electron chi connectivity index (χ4n) is 4.74. The lowest BCUT2D eigenvalue weighted by atomic mass is 10.1. The van der Waals surface area contributed by atoms with Crippen molar-refractivity contribution in [3.8, 4) is 17.2 Å². The summed E-state index contributed by atoms with van der Waals surface area (Å²) in [5.41, 5.74) is 2.16. The number of anilines is 1. The Bertz CT molecular complexity index is 1660. The summed E-state index contributed by atoms with van der Waals surface area (Å²) in [7, 11) is 0. The molecule has 14 heteroatoms. The van der Waals surface area contributed by atoms with Crippen LogP contribution in [-0.4, -0.2) is 58.1 Å². The molecule has 4 aromatic rings. The van der Waals surface area contributed by atoms with Crippen LogP contribution < -0.4 is 20.1 Å². The Hall–Kier alpha value is -4.07. The molecule has 2 N–H and O–H groups in total. The molecule has 236 valence electrons. The maximum absolute atomic E-state index is 13.1. The predicted molar refractivity (Wildman–Crippen MR) is 173 cm³/mol. The monoisotopic (exact) mass is 669 g/mol. The van der Waals surface area contributed by atoms with Gasteiger partial charge in [0.05, 0.1) is 31.1 Å². The Balaban J connectivity index is 1.28. The van der Waals surface area contributed by atoms with Crippen LogP contribution in [0.4, 0.5) is 5.00 Å². The van der Waals surface area contributed by atoms with Gasteiger partial charge in [0.25, 0.3) is 5.91 Å². The smallest absolute Gasteiger partial charge is 0.341 e. The highest BCUT2D eigenvalue weighted by Gasteiger charge is 2.28. The molecule has 0 aliphatic heterocycles. The summed E-state index contributed by atoms with van der Waals surface area (Å²) in [5, 5.41) is 15.9. The first-order valence-electron chi connectivity index (χ1n) is 14.4. The number of nitrogens with zero attached hydrogens (tertiary/aromatic N) is 3. The summed E-state index contributed by atoms with van der Waals surface area (Å²) in [4.78, 5) is 39.5. The van der Waals surface area contributed by atoms with Crippen molar-refractivity contribution in [3.05, 3.63) is 75.4 Å². The van der Waals surface area contributed by atoms with E-state index in [1.165, 1.54) is 23.1 Å². The maximum atomic E-state index is 13.1. The summed E-state index contributed by atoms with van der Waals surface area (Å²) < 4.78 is 18.2. The minimum Gasteiger partial charge on any atom is -0.494 e. The van der Waals surface area contributed by atoms with Crippen molar-refractivity contribution in [1.82, 2.24) is 20.1 Å². The van der Waals surface area contributed by atoms with Crippen molar-refractivity contribution in [3.63, 3.8) is 0 Å². The third-order valence-corrected chi connectivity index (χ3v) is 9.11. The number of carbonyl (C=O) groups is 3. The van der Waals surface area contributed by atoms with Gasteiger partial charge in [0, 0.05) is 15.6 Å². The lowest BCUT2D eigenvalue weighted by molar-refractivity contribution is -0.123. The van der Waals surface area contributed by atoms with E-state index < -0.39 is 5.97 Å². The number of aromatic nitrogens is 3. The number of esters is 1. The van der Waals surface area contributed by atoms with Crippen LogP contribution in [0, 0.1) is 0 Å². The van der Waals surface area contributed by atoms with E-state index in [0.717, 1.165) is 35.4 Å². The maximum Gasteiger partial charge on any atom is 0.341 e. The highest BCUT2D eigenvalue weighted by molar-refractivity contribution is 7.99. The summed E-state index contributed by atoms with van der Waals surface area (Å²) in [6.45, 7) is 4.33. The van der Waals surface area contributed by atoms with Gasteiger partial charge in [-0.2, -0.15) is 0 Å². The zero-order valence-corrected chi connectivity index (χ0v) is 27.2. The van der Waals surface area contributed by atoms with Gasteiger partial charge in [0.1, 0.15) is 16.5 Å². The van der Waals surface area contributed by atoms with Crippen LogP contribution in [0.1, 0.15) is 46.9 Å². The second kappa shape index (κ2) is 15.3. The molecule has 2 aromatic heterocycles. The number of hydrogen-bond donors (Lipinski definition) is 2. The molecule has 0 bridgehead atoms. The van der Waals surface area contributed by atoms with Gasteiger partial charge >= 0.3 is 5.97 Å². The van der Waals surface area contributed by atoms with Crippen molar-refractivity contribution in [1.29, 1.82) is 0 Å². The minimum absolute atomic E-state index is 0.0152. The topological polar surface area (TPSA) is 134 Å². The summed E-state index contributed by atoms with van der Waals surface area (Å²) in [6, 6.07) is 14.1. The zero-order chi connectivity index (χ0) is 31.8. The molecule has 2 aromatic carbocycles. The van der Waals surface area contributed by atoms with E-state index in [2.05, 4.69) is 20.8 Å². The fourth-order valence-corrected chi connectivity index (χ4v) is 6.93. The number of hydrogen-bond acceptors (Lipinski definition) is 10. The second-order valence-electron chi connectivity index (χ2n) is 9.80. The molecular formula is C31H32ClN5O6S2. The number of nitrogens with one attached hydrogen (secondary N) is 2. The second-order valence-corrected chi connectivity index (χ2v) is 12.3. The fraction of sp³-hybridized carbons (Fsp3) is 0.323. The standard InChI is InChI=1S/C31H32ClN5O6S2/c1-3-41-21-14-10-20(11-15-21)37-25(16-33-26(38)17-43-22-12-8-19(32)9-13-22)35-36-31(37)44-18-27(39)34-29-28(30(40)42-4-2)23-6-5-7-24(23)45-29/h8-15H,3-7,16-18H2,1-2H3,(H,33,38)(H,34,39). The molecule has 5 rings (SSSR count). The van der Waals surface area contributed by atoms with Gasteiger partial charge < -0.3 is 24.8 Å². The van der Waals surface area contributed by atoms with Crippen molar-refractivity contribution >= 4 is 57.5 Å². The van der Waals surface area contributed by atoms with Crippen LogP contribution in [0.2, 0.25) is 5.02 Å². The molecule has 0 radical (unpaired) electrons. The first kappa shape index (κ1) is 32.3. The zero-order valence-electron chi connectivity index (χ0n) is 24.8. The van der Waals surface area contributed by atoms with Gasteiger partial charge in [0.2, 0.25) is 5.91 Å². The molecule has 11 nitrogen and oxygen atoms in total. The van der Waals surface area contributed by atoms with E-state index in [-0.39, 0.29) is 37.3 Å². The number of carbonyl (C=O) groups excluding carboxylic acids is 3. The first-order valence-corrected chi connectivity index (χ1v) is 16.6. The quantitative estimate of drug-likeness (QED) is 0.132. The van der Waals surface area contributed by atoms with Gasteiger partial charge in [0.15, 0.2) is 17.6 Å². The van der Waals surface area contributed by atoms with Crippen LogP contribution in [0.5, 0.6) is 11.5 Å². The predicted octanol–water partition coefficient (Wildman–Crippen LogP) is 5.47. The molecule has 0 unspecified atom stereocenters. The van der Waals surface area contributed by atoms with Crippen LogP contribution in [0.15, 0.2) is 53.7 Å². The molecule has 0 fully saturated rings. The first-order chi connectivity index (χ1) is 21.9. The minimum atomic E-state index is -0.416. The Morgan fingerprint density at radius 1 is 0.956 bits per heavy atom. The van der Waals surface area contributed by atoms with Crippen LogP contribution in [0.25, 0.3) is 5.69 Å². The largest absolute Gasteiger partial charge is 0.494 e. The van der Waals surface area contributed by atoms with E-state index in [1.807, 2.05) is 31.2 Å². The highest BCUT2D eigenvalue weighted by atomic mass is 35.5. The molecule has 0 atom stereocenters. The average molecular weight is 670 g/mol. The number of rotatable bonds is 14. The van der Waals surface area contributed by atoms with Crippen LogP contribution >= 0.6 is 34.7 Å². The Morgan fingerprint density at radius 2 is 1.69 bits per heavy atom. The number of amides is 2. The third-order valence-electron chi connectivity index (χ3n) is 6.72. The average Bonchev–Trinajstić information content (AvgIpc) is 3.74. The molecular weight excluding hydrogens is 638 g/mol. The molecule has 0 saturated carbocycles. The van der Waals surface area contributed by atoms with Gasteiger partial charge in [-0.1, -0.05) is 23.4 Å². The summed E-state index contributed by atoms with van der Waals surface area (Å²) in [6.07, 6.45) is 2.66. The number of fused-ring (bicyclic) bond motifs is 1. The normalized spacial score (nSPS) is 12.0. The van der Waals surface area contributed by atoms with Crippen molar-refractivity contribution in [2.45, 2.75) is 44.8 Å². The van der Waals surface area contributed by atoms with E-state index in [0.29, 0.717) is 44.7 Å². The highest BCUT2D eigenvalue weighted by Crippen LogP contribution is 2.39. The van der Waals surface area contributed by atoms with E-state index >= 15 is 0 Å². The van der Waals surface area contributed by atoms with Gasteiger partial charge in [-0.15, -0.1) is 21.5 Å². The van der Waals surface area contributed by atoms with Crippen molar-refractivity contribution in [2.75, 3.05) is 30.9 Å². The van der Waals surface area contributed by atoms with Gasteiger partial charge in [-0.05, 0) is 87.2 Å². The molecule has 1 aliphatic carbocycles. The van der Waals surface area contributed by atoms with Crippen LogP contribution in [0.3, 0.4) is 0 Å². The number of aryl methyl sites for hydroxylation is 1. The number of ether oxygens (including phenoxy) is 3. The number of halogens is 1. The summed E-state index contributed by atoms with van der Waals surface area (Å²) in [5.74, 6) is 0.645. The van der Waals surface area contributed by atoms with E-state index in [4.69, 9.17) is 25.8 Å². The number of thioether (sulfide) groups is 1. The molecule has 1 aliphatic rings. The van der Waals surface area contributed by atoms with E-state index in [9.17, 15) is 14.4 Å². The Labute approximate surface area is 273 Å². The Kier molecular flexibility index (Phi) is 11.0. The third kappa shape index (κ3) is 8.16. The van der Waals surface area contributed by atoms with Crippen molar-refractivity contribution < 1.29 is 28.6 Å². The lowest BCUT2D eigenvalue weighted by Gasteiger charge is -2.12. The van der Waals surface area contributed by atoms with E-state index in [1.54, 1.807) is 35.8 Å². The Morgan fingerprint density at radius 3 is 2.42 bits per heavy atom. The molecule has 45 heavy (non-hydrogen) atoms. The number of thiophene rings is 1.